The number of hydrogen-bond acceptors (Lipinski definition) is 2. The standard InChI is InChI=1S/C12H15N3/c1-8-3-2-4-10-12(8)15(9-5-6-9)11(7-13)14-10/h2-4,9H,5-7,13H2,1H3. The molecule has 78 valence electrons. The summed E-state index contributed by atoms with van der Waals surface area (Å²) in [5.41, 5.74) is 9.41. The molecule has 0 amide bonds. The highest BCUT2D eigenvalue weighted by molar-refractivity contribution is 5.79. The highest BCUT2D eigenvalue weighted by Gasteiger charge is 2.28. The molecule has 1 saturated carbocycles. The van der Waals surface area contributed by atoms with Gasteiger partial charge in [0.15, 0.2) is 0 Å². The third kappa shape index (κ3) is 1.27. The second-order valence-corrected chi connectivity index (χ2v) is 4.28. The van der Waals surface area contributed by atoms with Gasteiger partial charge in [-0.1, -0.05) is 12.1 Å². The van der Waals surface area contributed by atoms with Gasteiger partial charge in [0.1, 0.15) is 5.82 Å². The molecular weight excluding hydrogens is 186 g/mol. The average Bonchev–Trinajstić information content (AvgIpc) is 2.99. The first-order valence-corrected chi connectivity index (χ1v) is 5.47. The lowest BCUT2D eigenvalue weighted by atomic mass is 10.2. The first-order valence-electron chi connectivity index (χ1n) is 5.47. The monoisotopic (exact) mass is 201 g/mol. The lowest BCUT2D eigenvalue weighted by molar-refractivity contribution is 0.700. The van der Waals surface area contributed by atoms with Crippen LogP contribution in [0.2, 0.25) is 0 Å². The molecule has 0 atom stereocenters. The van der Waals surface area contributed by atoms with E-state index in [1.54, 1.807) is 0 Å². The van der Waals surface area contributed by atoms with Crippen molar-refractivity contribution in [2.45, 2.75) is 32.4 Å². The number of hydrogen-bond donors (Lipinski definition) is 1. The molecule has 0 unspecified atom stereocenters. The fraction of sp³-hybridized carbons (Fsp3) is 0.417. The first kappa shape index (κ1) is 8.92. The number of benzene rings is 1. The van der Waals surface area contributed by atoms with Gasteiger partial charge in [0.05, 0.1) is 17.6 Å². The maximum Gasteiger partial charge on any atom is 0.123 e. The van der Waals surface area contributed by atoms with E-state index in [1.165, 1.54) is 23.9 Å². The topological polar surface area (TPSA) is 43.8 Å². The van der Waals surface area contributed by atoms with Gasteiger partial charge in [-0.15, -0.1) is 0 Å². The van der Waals surface area contributed by atoms with Crippen LogP contribution < -0.4 is 5.73 Å². The van der Waals surface area contributed by atoms with Gasteiger partial charge in [0.25, 0.3) is 0 Å². The van der Waals surface area contributed by atoms with Gasteiger partial charge in [0, 0.05) is 6.04 Å². The number of fused-ring (bicyclic) bond motifs is 1. The third-order valence-corrected chi connectivity index (χ3v) is 3.08. The summed E-state index contributed by atoms with van der Waals surface area (Å²) in [4.78, 5) is 4.59. The van der Waals surface area contributed by atoms with Gasteiger partial charge in [-0.05, 0) is 31.4 Å². The number of para-hydroxylation sites is 1. The summed E-state index contributed by atoms with van der Waals surface area (Å²) in [6.45, 7) is 2.67. The maximum atomic E-state index is 5.75. The molecule has 3 rings (SSSR count). The summed E-state index contributed by atoms with van der Waals surface area (Å²) in [6, 6.07) is 6.92. The first-order chi connectivity index (χ1) is 7.31. The molecule has 0 aliphatic heterocycles. The van der Waals surface area contributed by atoms with Crippen LogP contribution in [0.3, 0.4) is 0 Å². The van der Waals surface area contributed by atoms with Crippen LogP contribution in [0.15, 0.2) is 18.2 Å². The van der Waals surface area contributed by atoms with Crippen molar-refractivity contribution < 1.29 is 0 Å². The zero-order valence-corrected chi connectivity index (χ0v) is 8.90. The second kappa shape index (κ2) is 3.07. The highest BCUT2D eigenvalue weighted by atomic mass is 15.1. The van der Waals surface area contributed by atoms with Crippen molar-refractivity contribution >= 4 is 11.0 Å². The number of aromatic nitrogens is 2. The van der Waals surface area contributed by atoms with Gasteiger partial charge >= 0.3 is 0 Å². The minimum absolute atomic E-state index is 0.532. The summed E-state index contributed by atoms with van der Waals surface area (Å²) >= 11 is 0. The van der Waals surface area contributed by atoms with Crippen molar-refractivity contribution in [1.29, 1.82) is 0 Å². The molecule has 0 spiro atoms. The van der Waals surface area contributed by atoms with Gasteiger partial charge in [-0.25, -0.2) is 4.98 Å². The molecule has 0 radical (unpaired) electrons. The molecule has 0 saturated heterocycles. The van der Waals surface area contributed by atoms with E-state index in [2.05, 4.69) is 34.7 Å². The van der Waals surface area contributed by atoms with E-state index in [0.717, 1.165) is 11.3 Å². The Kier molecular flexibility index (Phi) is 1.83. The van der Waals surface area contributed by atoms with E-state index >= 15 is 0 Å². The summed E-state index contributed by atoms with van der Waals surface area (Å²) in [5, 5.41) is 0. The third-order valence-electron chi connectivity index (χ3n) is 3.08. The Bertz CT molecular complexity index is 509. The van der Waals surface area contributed by atoms with E-state index in [4.69, 9.17) is 5.73 Å². The Morgan fingerprint density at radius 2 is 2.27 bits per heavy atom. The number of aryl methyl sites for hydroxylation is 1. The molecule has 1 aliphatic rings. The summed E-state index contributed by atoms with van der Waals surface area (Å²) in [6.07, 6.45) is 2.54. The molecule has 1 heterocycles. The molecule has 2 N–H and O–H groups in total. The molecule has 0 bridgehead atoms. The van der Waals surface area contributed by atoms with Crippen molar-refractivity contribution in [1.82, 2.24) is 9.55 Å². The minimum Gasteiger partial charge on any atom is -0.324 e. The maximum absolute atomic E-state index is 5.75. The zero-order valence-electron chi connectivity index (χ0n) is 8.90. The quantitative estimate of drug-likeness (QED) is 0.809. The van der Waals surface area contributed by atoms with E-state index in [1.807, 2.05) is 0 Å². The molecule has 3 heteroatoms. The Hall–Kier alpha value is -1.35. The van der Waals surface area contributed by atoms with Gasteiger partial charge in [-0.2, -0.15) is 0 Å². The van der Waals surface area contributed by atoms with Crippen molar-refractivity contribution in [3.8, 4) is 0 Å². The zero-order chi connectivity index (χ0) is 10.4. The average molecular weight is 201 g/mol. The fourth-order valence-electron chi connectivity index (χ4n) is 2.24. The highest BCUT2D eigenvalue weighted by Crippen LogP contribution is 2.39. The Labute approximate surface area is 88.9 Å². The molecule has 1 aromatic heterocycles. The van der Waals surface area contributed by atoms with Crippen LogP contribution in [0.5, 0.6) is 0 Å². The van der Waals surface area contributed by atoms with E-state index in [0.29, 0.717) is 12.6 Å². The van der Waals surface area contributed by atoms with Crippen LogP contribution in [0.4, 0.5) is 0 Å². The molecule has 2 aromatic rings. The minimum atomic E-state index is 0.532. The lowest BCUT2D eigenvalue weighted by Crippen LogP contribution is -2.07. The van der Waals surface area contributed by atoms with Gasteiger partial charge in [-0.3, -0.25) is 0 Å². The van der Waals surface area contributed by atoms with Gasteiger partial charge in [0.2, 0.25) is 0 Å². The Balaban J connectivity index is 2.35. The summed E-state index contributed by atoms with van der Waals surface area (Å²) < 4.78 is 2.34. The Morgan fingerprint density at radius 3 is 2.93 bits per heavy atom. The lowest BCUT2D eigenvalue weighted by Gasteiger charge is -2.07. The molecular formula is C12H15N3. The SMILES string of the molecule is Cc1cccc2nc(CN)n(C3CC3)c12. The van der Waals surface area contributed by atoms with E-state index in [9.17, 15) is 0 Å². The van der Waals surface area contributed by atoms with E-state index < -0.39 is 0 Å². The predicted molar refractivity (Wildman–Crippen MR) is 60.6 cm³/mol. The van der Waals surface area contributed by atoms with Crippen LogP contribution >= 0.6 is 0 Å². The second-order valence-electron chi connectivity index (χ2n) is 4.28. The molecule has 1 aliphatic carbocycles. The van der Waals surface area contributed by atoms with Crippen molar-refractivity contribution in [3.63, 3.8) is 0 Å². The summed E-state index contributed by atoms with van der Waals surface area (Å²) in [7, 11) is 0. The number of nitrogens with two attached hydrogens (primary N) is 1. The molecule has 1 aromatic carbocycles. The number of nitrogens with zero attached hydrogens (tertiary/aromatic N) is 2. The number of imidazole rings is 1. The number of rotatable bonds is 2. The molecule has 3 nitrogen and oxygen atoms in total. The normalized spacial score (nSPS) is 16.1. The van der Waals surface area contributed by atoms with Crippen LogP contribution in [0.25, 0.3) is 11.0 Å². The Morgan fingerprint density at radius 1 is 1.47 bits per heavy atom. The van der Waals surface area contributed by atoms with Gasteiger partial charge < -0.3 is 10.3 Å². The van der Waals surface area contributed by atoms with Crippen LogP contribution in [0, 0.1) is 6.92 Å². The fourth-order valence-corrected chi connectivity index (χ4v) is 2.24. The largest absolute Gasteiger partial charge is 0.324 e. The van der Waals surface area contributed by atoms with Crippen LogP contribution in [0.1, 0.15) is 30.3 Å². The van der Waals surface area contributed by atoms with Crippen molar-refractivity contribution in [2.75, 3.05) is 0 Å². The predicted octanol–water partition coefficient (Wildman–Crippen LogP) is 2.14. The van der Waals surface area contributed by atoms with Crippen molar-refractivity contribution in [3.05, 3.63) is 29.6 Å². The van der Waals surface area contributed by atoms with Crippen molar-refractivity contribution in [2.24, 2.45) is 5.73 Å². The summed E-state index contributed by atoms with van der Waals surface area (Å²) in [5.74, 6) is 1.03. The molecule has 1 fully saturated rings. The smallest absolute Gasteiger partial charge is 0.123 e. The van der Waals surface area contributed by atoms with Crippen LogP contribution in [-0.2, 0) is 6.54 Å². The van der Waals surface area contributed by atoms with Crippen LogP contribution in [-0.4, -0.2) is 9.55 Å². The molecule has 15 heavy (non-hydrogen) atoms. The van der Waals surface area contributed by atoms with E-state index in [-0.39, 0.29) is 0 Å².